The van der Waals surface area contributed by atoms with Gasteiger partial charge in [-0.3, -0.25) is 14.5 Å². The fraction of sp³-hybridized carbons (Fsp3) is 0.429. The largest absolute Gasteiger partial charge is 0.348 e. The van der Waals surface area contributed by atoms with Gasteiger partial charge >= 0.3 is 0 Å². The molecule has 0 aliphatic carbocycles. The predicted octanol–water partition coefficient (Wildman–Crippen LogP) is 3.34. The molecule has 2 rings (SSSR count). The molecule has 102 valence electrons. The molecule has 1 atom stereocenters. The van der Waals surface area contributed by atoms with Crippen molar-refractivity contribution >= 4 is 29.0 Å². The summed E-state index contributed by atoms with van der Waals surface area (Å²) in [5.41, 5.74) is 0.956. The van der Waals surface area contributed by atoms with Crippen molar-refractivity contribution in [3.63, 3.8) is 0 Å². The van der Waals surface area contributed by atoms with Gasteiger partial charge in [-0.25, -0.2) is 0 Å². The van der Waals surface area contributed by atoms with E-state index < -0.39 is 0 Å². The zero-order valence-corrected chi connectivity index (χ0v) is 12.2. The monoisotopic (exact) mass is 278 g/mol. The average molecular weight is 278 g/mol. The predicted molar refractivity (Wildman–Crippen MR) is 77.7 cm³/mol. The first-order valence-corrected chi connectivity index (χ1v) is 7.32. The molecule has 2 heterocycles. The van der Waals surface area contributed by atoms with Crippen molar-refractivity contribution < 1.29 is 9.59 Å². The number of imide groups is 1. The van der Waals surface area contributed by atoms with Gasteiger partial charge in [-0.05, 0) is 50.2 Å². The average Bonchev–Trinajstić information content (AvgIpc) is 2.94. The Hall–Kier alpha value is -1.49. The third-order valence-electron chi connectivity index (χ3n) is 3.34. The minimum atomic E-state index is -0.173. The number of aryl methyl sites for hydroxylation is 1. The van der Waals surface area contributed by atoms with Crippen LogP contribution in [0, 0.1) is 0 Å². The first-order chi connectivity index (χ1) is 9.08. The highest BCUT2D eigenvalue weighted by Crippen LogP contribution is 2.34. The van der Waals surface area contributed by atoms with Gasteiger partial charge < -0.3 is 4.57 Å². The number of carbonyl (C=O) groups excluding carboxylic acids is 2. The van der Waals surface area contributed by atoms with Crippen LogP contribution >= 0.6 is 11.8 Å². The van der Waals surface area contributed by atoms with Gasteiger partial charge in [0, 0.05) is 24.5 Å². The Morgan fingerprint density at radius 2 is 2.11 bits per heavy atom. The molecule has 0 N–H and O–H groups in total. The Morgan fingerprint density at radius 1 is 1.37 bits per heavy atom. The van der Waals surface area contributed by atoms with Crippen molar-refractivity contribution in [2.24, 2.45) is 0 Å². The topological polar surface area (TPSA) is 42.3 Å². The molecule has 1 aliphatic heterocycles. The van der Waals surface area contributed by atoms with E-state index in [-0.39, 0.29) is 17.2 Å². The molecule has 5 heteroatoms. The van der Waals surface area contributed by atoms with Crippen molar-refractivity contribution in [3.05, 3.63) is 28.9 Å². The lowest BCUT2D eigenvalue weighted by molar-refractivity contribution is -0.124. The minimum absolute atomic E-state index is 0.0450. The van der Waals surface area contributed by atoms with Crippen molar-refractivity contribution in [2.45, 2.75) is 39.8 Å². The maximum Gasteiger partial charge on any atom is 0.293 e. The SMILES string of the molecule is CC[C@@H](C)N1C(=O)S/C(=C/c2cccn2CC)C1=O. The maximum absolute atomic E-state index is 12.2. The summed E-state index contributed by atoms with van der Waals surface area (Å²) < 4.78 is 2.04. The number of rotatable bonds is 4. The van der Waals surface area contributed by atoms with Crippen LogP contribution in [0.5, 0.6) is 0 Å². The van der Waals surface area contributed by atoms with Crippen LogP contribution in [-0.4, -0.2) is 26.7 Å². The van der Waals surface area contributed by atoms with Gasteiger partial charge in [0.2, 0.25) is 0 Å². The van der Waals surface area contributed by atoms with E-state index in [0.29, 0.717) is 4.91 Å². The number of hydrogen-bond donors (Lipinski definition) is 0. The lowest BCUT2D eigenvalue weighted by Crippen LogP contribution is -2.36. The van der Waals surface area contributed by atoms with Crippen LogP contribution in [0.4, 0.5) is 4.79 Å². The smallest absolute Gasteiger partial charge is 0.293 e. The van der Waals surface area contributed by atoms with Gasteiger partial charge in [0.25, 0.3) is 11.1 Å². The lowest BCUT2D eigenvalue weighted by Gasteiger charge is -2.19. The summed E-state index contributed by atoms with van der Waals surface area (Å²) in [5, 5.41) is -0.166. The van der Waals surface area contributed by atoms with E-state index in [1.807, 2.05) is 43.7 Å². The Labute approximate surface area is 117 Å². The summed E-state index contributed by atoms with van der Waals surface area (Å²) in [6.45, 7) is 6.75. The van der Waals surface area contributed by atoms with Crippen molar-refractivity contribution in [3.8, 4) is 0 Å². The number of amides is 2. The number of nitrogens with zero attached hydrogens (tertiary/aromatic N) is 2. The molecule has 2 amide bonds. The van der Waals surface area contributed by atoms with E-state index in [2.05, 4.69) is 0 Å². The second kappa shape index (κ2) is 5.65. The van der Waals surface area contributed by atoms with Crippen LogP contribution in [0.3, 0.4) is 0 Å². The summed E-state index contributed by atoms with van der Waals surface area (Å²) in [6, 6.07) is 3.84. The minimum Gasteiger partial charge on any atom is -0.348 e. The van der Waals surface area contributed by atoms with Gasteiger partial charge in [-0.1, -0.05) is 6.92 Å². The third kappa shape index (κ3) is 2.61. The van der Waals surface area contributed by atoms with Crippen LogP contribution in [-0.2, 0) is 11.3 Å². The highest BCUT2D eigenvalue weighted by Gasteiger charge is 2.37. The molecule has 0 bridgehead atoms. The molecule has 19 heavy (non-hydrogen) atoms. The van der Waals surface area contributed by atoms with Crippen molar-refractivity contribution in [2.75, 3.05) is 0 Å². The Morgan fingerprint density at radius 3 is 2.74 bits per heavy atom. The molecule has 1 saturated heterocycles. The molecule has 4 nitrogen and oxygen atoms in total. The summed E-state index contributed by atoms with van der Waals surface area (Å²) in [7, 11) is 0. The zero-order valence-electron chi connectivity index (χ0n) is 11.4. The fourth-order valence-electron chi connectivity index (χ4n) is 2.02. The summed E-state index contributed by atoms with van der Waals surface area (Å²) in [5.74, 6) is -0.173. The number of carbonyl (C=O) groups is 2. The Kier molecular flexibility index (Phi) is 4.14. The van der Waals surface area contributed by atoms with Gasteiger partial charge in [0.1, 0.15) is 0 Å². The molecule has 1 aromatic heterocycles. The highest BCUT2D eigenvalue weighted by atomic mass is 32.2. The van der Waals surface area contributed by atoms with Crippen LogP contribution in [0.15, 0.2) is 23.2 Å². The van der Waals surface area contributed by atoms with Crippen LogP contribution in [0.2, 0.25) is 0 Å². The molecular weight excluding hydrogens is 260 g/mol. The molecule has 0 radical (unpaired) electrons. The standard InChI is InChI=1S/C14H18N2O2S/c1-4-10(3)16-13(17)12(19-14(16)18)9-11-7-6-8-15(11)5-2/h6-10H,4-5H2,1-3H3/b12-9+/t10-/m1/s1. The molecule has 1 fully saturated rings. The fourth-order valence-corrected chi connectivity index (χ4v) is 2.94. The normalized spacial score (nSPS) is 19.5. The van der Waals surface area contributed by atoms with E-state index in [1.165, 1.54) is 4.90 Å². The van der Waals surface area contributed by atoms with Gasteiger partial charge in [-0.15, -0.1) is 0 Å². The summed E-state index contributed by atoms with van der Waals surface area (Å²) >= 11 is 1.03. The number of aromatic nitrogens is 1. The zero-order chi connectivity index (χ0) is 14.0. The molecule has 1 aromatic rings. The number of hydrogen-bond acceptors (Lipinski definition) is 3. The van der Waals surface area contributed by atoms with E-state index in [0.717, 1.165) is 30.4 Å². The Bertz CT molecular complexity index is 533. The van der Waals surface area contributed by atoms with E-state index in [9.17, 15) is 9.59 Å². The molecular formula is C14H18N2O2S. The van der Waals surface area contributed by atoms with E-state index in [4.69, 9.17) is 0 Å². The third-order valence-corrected chi connectivity index (χ3v) is 4.22. The molecule has 0 aromatic carbocycles. The summed E-state index contributed by atoms with van der Waals surface area (Å²) in [6.07, 6.45) is 4.54. The molecule has 0 saturated carbocycles. The first kappa shape index (κ1) is 13.9. The second-order valence-corrected chi connectivity index (χ2v) is 5.52. The summed E-state index contributed by atoms with van der Waals surface area (Å²) in [4.78, 5) is 26.0. The molecule has 0 spiro atoms. The van der Waals surface area contributed by atoms with Crippen molar-refractivity contribution in [1.29, 1.82) is 0 Å². The van der Waals surface area contributed by atoms with Crippen LogP contribution in [0.1, 0.15) is 32.9 Å². The van der Waals surface area contributed by atoms with Crippen LogP contribution in [0.25, 0.3) is 6.08 Å². The maximum atomic E-state index is 12.2. The highest BCUT2D eigenvalue weighted by molar-refractivity contribution is 8.18. The first-order valence-electron chi connectivity index (χ1n) is 6.50. The van der Waals surface area contributed by atoms with Gasteiger partial charge in [0.15, 0.2) is 0 Å². The van der Waals surface area contributed by atoms with Crippen LogP contribution < -0.4 is 0 Å². The van der Waals surface area contributed by atoms with Gasteiger partial charge in [-0.2, -0.15) is 0 Å². The van der Waals surface area contributed by atoms with E-state index >= 15 is 0 Å². The molecule has 1 aliphatic rings. The quantitative estimate of drug-likeness (QED) is 0.793. The van der Waals surface area contributed by atoms with Gasteiger partial charge in [0.05, 0.1) is 4.91 Å². The second-order valence-electron chi connectivity index (χ2n) is 4.53. The van der Waals surface area contributed by atoms with Crippen molar-refractivity contribution in [1.82, 2.24) is 9.47 Å². The number of thioether (sulfide) groups is 1. The van der Waals surface area contributed by atoms with E-state index in [1.54, 1.807) is 6.08 Å². The molecule has 0 unspecified atom stereocenters. The lowest BCUT2D eigenvalue weighted by atomic mass is 10.2. The Balaban J connectivity index is 2.28.